The predicted molar refractivity (Wildman–Crippen MR) is 111 cm³/mol. The van der Waals surface area contributed by atoms with Crippen LogP contribution in [0.4, 0.5) is 4.79 Å². The van der Waals surface area contributed by atoms with Gasteiger partial charge in [0.2, 0.25) is 5.91 Å². The number of furan rings is 1. The number of nitrogens with one attached hydrogen (secondary N) is 2. The first-order chi connectivity index (χ1) is 14.5. The largest absolute Gasteiger partial charge is 0.493 e. The zero-order chi connectivity index (χ0) is 21.5. The van der Waals surface area contributed by atoms with Crippen molar-refractivity contribution in [3.05, 3.63) is 47.9 Å². The molecule has 0 radical (unpaired) electrons. The van der Waals surface area contributed by atoms with E-state index in [1.54, 1.807) is 31.4 Å². The summed E-state index contributed by atoms with van der Waals surface area (Å²) in [6, 6.07) is 8.89. The summed E-state index contributed by atoms with van der Waals surface area (Å²) in [4.78, 5) is 26.8. The Kier molecular flexibility index (Phi) is 7.21. The molecule has 0 bridgehead atoms. The standard InChI is InChI=1S/C22H29N3O5/c1-15(17-6-7-19(28-2)20(13-17)29-3)24-22(27)25-10-8-16(9-11-25)21(26)23-14-18-5-4-12-30-18/h4-7,12-13,15-16H,8-11,14H2,1-3H3,(H,23,26)(H,24,27). The number of piperidine rings is 1. The summed E-state index contributed by atoms with van der Waals surface area (Å²) < 4.78 is 15.8. The summed E-state index contributed by atoms with van der Waals surface area (Å²) in [6.45, 7) is 3.40. The van der Waals surface area contributed by atoms with Crippen LogP contribution in [0.2, 0.25) is 0 Å². The maximum Gasteiger partial charge on any atom is 0.317 e. The maximum absolute atomic E-state index is 12.7. The highest BCUT2D eigenvalue weighted by molar-refractivity contribution is 5.79. The lowest BCUT2D eigenvalue weighted by atomic mass is 9.96. The second-order valence-corrected chi connectivity index (χ2v) is 7.34. The molecule has 30 heavy (non-hydrogen) atoms. The van der Waals surface area contributed by atoms with Crippen LogP contribution in [0.5, 0.6) is 11.5 Å². The number of carbonyl (C=O) groups excluding carboxylic acids is 2. The van der Waals surface area contributed by atoms with E-state index in [1.807, 2.05) is 31.2 Å². The van der Waals surface area contributed by atoms with Gasteiger partial charge in [0.1, 0.15) is 5.76 Å². The number of amides is 3. The fourth-order valence-corrected chi connectivity index (χ4v) is 3.56. The minimum absolute atomic E-state index is 0.00477. The second-order valence-electron chi connectivity index (χ2n) is 7.34. The monoisotopic (exact) mass is 415 g/mol. The van der Waals surface area contributed by atoms with Crippen molar-refractivity contribution in [3.8, 4) is 11.5 Å². The van der Waals surface area contributed by atoms with Crippen LogP contribution in [0.3, 0.4) is 0 Å². The lowest BCUT2D eigenvalue weighted by Gasteiger charge is -2.32. The van der Waals surface area contributed by atoms with E-state index in [-0.39, 0.29) is 23.9 Å². The Hall–Kier alpha value is -3.16. The molecule has 2 heterocycles. The van der Waals surface area contributed by atoms with Crippen LogP contribution in [-0.2, 0) is 11.3 Å². The molecule has 1 aromatic heterocycles. The number of benzene rings is 1. The molecule has 1 aliphatic heterocycles. The summed E-state index contributed by atoms with van der Waals surface area (Å²) in [7, 11) is 3.17. The van der Waals surface area contributed by atoms with E-state index < -0.39 is 0 Å². The number of urea groups is 1. The van der Waals surface area contributed by atoms with Crippen LogP contribution < -0.4 is 20.1 Å². The highest BCUT2D eigenvalue weighted by Crippen LogP contribution is 2.30. The van der Waals surface area contributed by atoms with Crippen molar-refractivity contribution < 1.29 is 23.5 Å². The molecule has 162 valence electrons. The summed E-state index contributed by atoms with van der Waals surface area (Å²) in [5.41, 5.74) is 0.924. The highest BCUT2D eigenvalue weighted by Gasteiger charge is 2.28. The van der Waals surface area contributed by atoms with Gasteiger partial charge >= 0.3 is 6.03 Å². The molecule has 1 aromatic carbocycles. The molecule has 8 nitrogen and oxygen atoms in total. The van der Waals surface area contributed by atoms with Crippen LogP contribution in [0.15, 0.2) is 41.0 Å². The number of likely N-dealkylation sites (tertiary alicyclic amines) is 1. The van der Waals surface area contributed by atoms with Gasteiger partial charge in [-0.2, -0.15) is 0 Å². The Balaban J connectivity index is 1.47. The molecule has 0 saturated carbocycles. The fourth-order valence-electron chi connectivity index (χ4n) is 3.56. The first kappa shape index (κ1) is 21.5. The Morgan fingerprint density at radius 2 is 1.90 bits per heavy atom. The third-order valence-electron chi connectivity index (χ3n) is 5.42. The van der Waals surface area contributed by atoms with Gasteiger partial charge in [0, 0.05) is 19.0 Å². The van der Waals surface area contributed by atoms with Crippen LogP contribution in [0.1, 0.15) is 37.1 Å². The van der Waals surface area contributed by atoms with Crippen molar-refractivity contribution in [2.24, 2.45) is 5.92 Å². The van der Waals surface area contributed by atoms with Gasteiger partial charge in [-0.25, -0.2) is 4.79 Å². The summed E-state index contributed by atoms with van der Waals surface area (Å²) in [5, 5.41) is 5.92. The van der Waals surface area contributed by atoms with Gasteiger partial charge in [-0.15, -0.1) is 0 Å². The molecule has 3 amide bonds. The molecule has 0 spiro atoms. The topological polar surface area (TPSA) is 93.0 Å². The summed E-state index contributed by atoms with van der Waals surface area (Å²) >= 11 is 0. The SMILES string of the molecule is COc1ccc(C(C)NC(=O)N2CCC(C(=O)NCc3ccco3)CC2)cc1OC. The van der Waals surface area contributed by atoms with Gasteiger partial charge in [-0.1, -0.05) is 6.07 Å². The Morgan fingerprint density at radius 1 is 1.17 bits per heavy atom. The van der Waals surface area contributed by atoms with E-state index in [2.05, 4.69) is 10.6 Å². The predicted octanol–water partition coefficient (Wildman–Crippen LogP) is 3.10. The third-order valence-corrected chi connectivity index (χ3v) is 5.42. The van der Waals surface area contributed by atoms with Crippen molar-refractivity contribution in [3.63, 3.8) is 0 Å². The number of hydrogen-bond donors (Lipinski definition) is 2. The van der Waals surface area contributed by atoms with E-state index in [0.29, 0.717) is 44.0 Å². The van der Waals surface area contributed by atoms with E-state index >= 15 is 0 Å². The number of carbonyl (C=O) groups is 2. The fraction of sp³-hybridized carbons (Fsp3) is 0.455. The third kappa shape index (κ3) is 5.25. The first-order valence-corrected chi connectivity index (χ1v) is 10.1. The summed E-state index contributed by atoms with van der Waals surface area (Å²) in [5.74, 6) is 1.91. The number of hydrogen-bond acceptors (Lipinski definition) is 5. The molecule has 1 saturated heterocycles. The average molecular weight is 415 g/mol. The molecular weight excluding hydrogens is 386 g/mol. The van der Waals surface area contributed by atoms with Crippen LogP contribution >= 0.6 is 0 Å². The lowest BCUT2D eigenvalue weighted by Crippen LogP contribution is -2.47. The van der Waals surface area contributed by atoms with Gasteiger partial charge in [0.25, 0.3) is 0 Å². The zero-order valence-corrected chi connectivity index (χ0v) is 17.6. The molecule has 0 aliphatic carbocycles. The smallest absolute Gasteiger partial charge is 0.317 e. The number of rotatable bonds is 7. The number of ether oxygens (including phenoxy) is 2. The summed E-state index contributed by atoms with van der Waals surface area (Å²) in [6.07, 6.45) is 2.87. The van der Waals surface area contributed by atoms with Crippen molar-refractivity contribution in [1.82, 2.24) is 15.5 Å². The average Bonchev–Trinajstić information content (AvgIpc) is 3.30. The Bertz CT molecular complexity index is 844. The lowest BCUT2D eigenvalue weighted by molar-refractivity contribution is -0.126. The molecule has 8 heteroatoms. The quantitative estimate of drug-likeness (QED) is 0.725. The highest BCUT2D eigenvalue weighted by atomic mass is 16.5. The van der Waals surface area contributed by atoms with Gasteiger partial charge in [0.15, 0.2) is 11.5 Å². The van der Waals surface area contributed by atoms with E-state index in [0.717, 1.165) is 11.3 Å². The first-order valence-electron chi connectivity index (χ1n) is 10.1. The Labute approximate surface area is 176 Å². The van der Waals surface area contributed by atoms with Gasteiger partial charge in [-0.3, -0.25) is 4.79 Å². The molecule has 1 fully saturated rings. The maximum atomic E-state index is 12.7. The van der Waals surface area contributed by atoms with E-state index in [9.17, 15) is 9.59 Å². The van der Waals surface area contributed by atoms with E-state index in [4.69, 9.17) is 13.9 Å². The molecule has 3 rings (SSSR count). The van der Waals surface area contributed by atoms with Crippen molar-refractivity contribution in [2.45, 2.75) is 32.4 Å². The molecule has 1 atom stereocenters. The zero-order valence-electron chi connectivity index (χ0n) is 17.6. The number of nitrogens with zero attached hydrogens (tertiary/aromatic N) is 1. The van der Waals surface area contributed by atoms with Crippen molar-refractivity contribution in [2.75, 3.05) is 27.3 Å². The number of methoxy groups -OCH3 is 2. The normalized spacial score (nSPS) is 15.4. The van der Waals surface area contributed by atoms with Crippen molar-refractivity contribution >= 4 is 11.9 Å². The van der Waals surface area contributed by atoms with Crippen LogP contribution in [-0.4, -0.2) is 44.1 Å². The van der Waals surface area contributed by atoms with Gasteiger partial charge < -0.3 is 29.4 Å². The molecule has 1 unspecified atom stereocenters. The molecular formula is C22H29N3O5. The van der Waals surface area contributed by atoms with Gasteiger partial charge in [-0.05, 0) is 49.6 Å². The van der Waals surface area contributed by atoms with Gasteiger partial charge in [0.05, 0.1) is 33.1 Å². The molecule has 2 N–H and O–H groups in total. The Morgan fingerprint density at radius 3 is 2.53 bits per heavy atom. The molecule has 1 aliphatic rings. The van der Waals surface area contributed by atoms with E-state index in [1.165, 1.54) is 0 Å². The minimum atomic E-state index is -0.188. The van der Waals surface area contributed by atoms with Crippen LogP contribution in [0, 0.1) is 5.92 Å². The van der Waals surface area contributed by atoms with Crippen molar-refractivity contribution in [1.29, 1.82) is 0 Å². The molecule has 2 aromatic rings. The minimum Gasteiger partial charge on any atom is -0.493 e. The second kappa shape index (κ2) is 10.0. The van der Waals surface area contributed by atoms with Crippen LogP contribution in [0.25, 0.3) is 0 Å².